The van der Waals surface area contributed by atoms with Crippen molar-refractivity contribution in [2.45, 2.75) is 32.5 Å². The Hall–Kier alpha value is -4.29. The maximum absolute atomic E-state index is 14.0. The lowest BCUT2D eigenvalue weighted by atomic mass is 10.0. The van der Waals surface area contributed by atoms with Crippen LogP contribution in [0, 0.1) is 6.92 Å². The number of benzene rings is 2. The van der Waals surface area contributed by atoms with Crippen LogP contribution in [0.15, 0.2) is 55.0 Å². The Bertz CT molecular complexity index is 1490. The van der Waals surface area contributed by atoms with E-state index in [1.807, 2.05) is 32.0 Å². The lowest BCUT2D eigenvalue weighted by molar-refractivity contribution is -0.138. The summed E-state index contributed by atoms with van der Waals surface area (Å²) in [6, 6.07) is 9.20. The molecule has 3 aromatic rings. The average Bonchev–Trinajstić information content (AvgIpc) is 3.48. The number of carbonyl (C=O) groups is 1. The smallest absolute Gasteiger partial charge is 0.420 e. The van der Waals surface area contributed by atoms with E-state index >= 15 is 0 Å². The summed E-state index contributed by atoms with van der Waals surface area (Å²) in [5.74, 6) is 6.24. The topological polar surface area (TPSA) is 96.2 Å². The fourth-order valence-electron chi connectivity index (χ4n) is 5.06. The number of likely N-dealkylation sites (tertiary alicyclic amines) is 1. The number of hydrazine groups is 1. The second-order valence-corrected chi connectivity index (χ2v) is 10.6. The van der Waals surface area contributed by atoms with Gasteiger partial charge in [-0.15, -0.1) is 0 Å². The van der Waals surface area contributed by atoms with Gasteiger partial charge in [-0.05, 0) is 68.8 Å². The third kappa shape index (κ3) is 7.57. The molecule has 43 heavy (non-hydrogen) atoms. The SMILES string of the molecule is COc1cncc(/C(=C/N(N)c2cc(C(=O)Nc3cc(CN4CCCC4)c(OC)c(C(F)(F)F)c3)ccc2C)N(C)C)c1. The largest absolute Gasteiger partial charge is 0.496 e. The second kappa shape index (κ2) is 13.3. The number of anilines is 2. The van der Waals surface area contributed by atoms with Gasteiger partial charge in [-0.1, -0.05) is 6.07 Å². The van der Waals surface area contributed by atoms with Crippen LogP contribution in [-0.4, -0.2) is 62.1 Å². The van der Waals surface area contributed by atoms with Crippen molar-refractivity contribution in [3.63, 3.8) is 0 Å². The van der Waals surface area contributed by atoms with Crippen molar-refractivity contribution in [2.24, 2.45) is 5.84 Å². The average molecular weight is 599 g/mol. The van der Waals surface area contributed by atoms with Crippen molar-refractivity contribution in [1.82, 2.24) is 14.8 Å². The molecule has 12 heteroatoms. The third-order valence-electron chi connectivity index (χ3n) is 7.26. The highest BCUT2D eigenvalue weighted by molar-refractivity contribution is 6.05. The zero-order chi connectivity index (χ0) is 31.3. The molecule has 0 saturated carbocycles. The summed E-state index contributed by atoms with van der Waals surface area (Å²) in [6.07, 6.45) is 2.28. The minimum atomic E-state index is -4.67. The summed E-state index contributed by atoms with van der Waals surface area (Å²) >= 11 is 0. The van der Waals surface area contributed by atoms with E-state index in [-0.39, 0.29) is 23.5 Å². The molecule has 1 saturated heterocycles. The highest BCUT2D eigenvalue weighted by atomic mass is 19.4. The maximum Gasteiger partial charge on any atom is 0.420 e. The Morgan fingerprint density at radius 1 is 1.07 bits per heavy atom. The second-order valence-electron chi connectivity index (χ2n) is 10.6. The van der Waals surface area contributed by atoms with Gasteiger partial charge in [0.1, 0.15) is 11.5 Å². The number of hydrogen-bond acceptors (Lipinski definition) is 8. The molecule has 1 aliphatic heterocycles. The molecule has 1 amide bonds. The Kier molecular flexibility index (Phi) is 9.82. The molecule has 1 aliphatic rings. The van der Waals surface area contributed by atoms with Gasteiger partial charge in [-0.25, -0.2) is 5.84 Å². The normalized spacial score (nSPS) is 14.0. The Morgan fingerprint density at radius 2 is 1.79 bits per heavy atom. The van der Waals surface area contributed by atoms with Gasteiger partial charge in [0.2, 0.25) is 0 Å². The number of aryl methyl sites for hydroxylation is 1. The number of halogens is 3. The van der Waals surface area contributed by atoms with Crippen LogP contribution in [0.25, 0.3) is 5.70 Å². The lowest BCUT2D eigenvalue weighted by Crippen LogP contribution is -2.28. The number of rotatable bonds is 10. The van der Waals surface area contributed by atoms with Crippen molar-refractivity contribution < 1.29 is 27.4 Å². The van der Waals surface area contributed by atoms with E-state index in [2.05, 4.69) is 15.2 Å². The number of pyridine rings is 1. The van der Waals surface area contributed by atoms with Gasteiger partial charge in [0.05, 0.1) is 37.4 Å². The minimum absolute atomic E-state index is 0.0272. The molecule has 0 unspecified atom stereocenters. The predicted molar refractivity (Wildman–Crippen MR) is 161 cm³/mol. The molecule has 0 radical (unpaired) electrons. The number of nitrogens with one attached hydrogen (secondary N) is 1. The van der Waals surface area contributed by atoms with Gasteiger partial charge >= 0.3 is 6.18 Å². The van der Waals surface area contributed by atoms with Crippen LogP contribution in [0.4, 0.5) is 24.5 Å². The molecule has 1 fully saturated rings. The van der Waals surface area contributed by atoms with Crippen molar-refractivity contribution in [2.75, 3.05) is 51.7 Å². The van der Waals surface area contributed by atoms with Crippen LogP contribution in [0.5, 0.6) is 11.5 Å². The first-order chi connectivity index (χ1) is 20.4. The van der Waals surface area contributed by atoms with Gasteiger partial charge in [-0.3, -0.25) is 19.7 Å². The van der Waals surface area contributed by atoms with E-state index in [0.717, 1.165) is 48.8 Å². The lowest BCUT2D eigenvalue weighted by Gasteiger charge is -2.23. The highest BCUT2D eigenvalue weighted by Crippen LogP contribution is 2.41. The standard InChI is InChI=1S/C31H37F3N6O3/c1-20-8-9-21(14-27(20)40(35)19-28(38(2)3)22-13-25(42-4)17-36-16-22)30(41)37-24-12-23(18-39-10-6-7-11-39)29(43-5)26(15-24)31(32,33)34/h8-9,12-17,19H,6-7,10-11,18,35H2,1-5H3,(H,37,41)/b28-19-. The summed E-state index contributed by atoms with van der Waals surface area (Å²) in [6.45, 7) is 3.72. The first-order valence-corrected chi connectivity index (χ1v) is 13.8. The molecule has 0 atom stereocenters. The van der Waals surface area contributed by atoms with Gasteiger partial charge in [0.25, 0.3) is 5.91 Å². The monoisotopic (exact) mass is 598 g/mol. The number of methoxy groups -OCH3 is 2. The number of alkyl halides is 3. The molecule has 0 bridgehead atoms. The van der Waals surface area contributed by atoms with E-state index in [1.54, 1.807) is 50.0 Å². The van der Waals surface area contributed by atoms with E-state index < -0.39 is 17.6 Å². The Balaban J connectivity index is 1.65. The Morgan fingerprint density at radius 3 is 2.42 bits per heavy atom. The fourth-order valence-corrected chi connectivity index (χ4v) is 5.06. The zero-order valence-corrected chi connectivity index (χ0v) is 25.0. The predicted octanol–water partition coefficient (Wildman–Crippen LogP) is 5.51. The summed E-state index contributed by atoms with van der Waals surface area (Å²) < 4.78 is 52.6. The number of amides is 1. The summed E-state index contributed by atoms with van der Waals surface area (Å²) in [5.41, 5.74) is 2.48. The number of nitrogens with two attached hydrogens (primary N) is 1. The van der Waals surface area contributed by atoms with Crippen molar-refractivity contribution in [1.29, 1.82) is 0 Å². The number of ether oxygens (including phenoxy) is 2. The van der Waals surface area contributed by atoms with Crippen LogP contribution < -0.4 is 25.6 Å². The first-order valence-electron chi connectivity index (χ1n) is 13.8. The molecular weight excluding hydrogens is 561 g/mol. The van der Waals surface area contributed by atoms with Crippen molar-refractivity contribution >= 4 is 23.0 Å². The number of aromatic nitrogens is 1. The van der Waals surface area contributed by atoms with E-state index in [9.17, 15) is 18.0 Å². The van der Waals surface area contributed by atoms with Gasteiger partial charge in [0.15, 0.2) is 0 Å². The summed E-state index contributed by atoms with van der Waals surface area (Å²) in [5, 5.41) is 4.05. The van der Waals surface area contributed by atoms with Crippen LogP contribution in [0.1, 0.15) is 45.5 Å². The molecule has 4 rings (SSSR count). The van der Waals surface area contributed by atoms with Gasteiger partial charge in [0, 0.05) is 55.4 Å². The third-order valence-corrected chi connectivity index (χ3v) is 7.26. The van der Waals surface area contributed by atoms with E-state index in [1.165, 1.54) is 12.1 Å². The molecule has 9 nitrogen and oxygen atoms in total. The molecule has 3 N–H and O–H groups in total. The number of hydrogen-bond donors (Lipinski definition) is 2. The quantitative estimate of drug-likeness (QED) is 0.233. The molecule has 2 heterocycles. The van der Waals surface area contributed by atoms with Crippen LogP contribution in [0.3, 0.4) is 0 Å². The van der Waals surface area contributed by atoms with E-state index in [0.29, 0.717) is 17.0 Å². The van der Waals surface area contributed by atoms with Crippen molar-refractivity contribution in [3.05, 3.63) is 82.8 Å². The fraction of sp³-hybridized carbons (Fsp3) is 0.355. The summed E-state index contributed by atoms with van der Waals surface area (Å²) in [4.78, 5) is 21.5. The minimum Gasteiger partial charge on any atom is -0.496 e. The zero-order valence-electron chi connectivity index (χ0n) is 25.0. The molecule has 0 spiro atoms. The Labute approximate surface area is 249 Å². The maximum atomic E-state index is 14.0. The number of nitrogens with zero attached hydrogens (tertiary/aromatic N) is 4. The number of carbonyl (C=O) groups excluding carboxylic acids is 1. The molecule has 1 aromatic heterocycles. The molecule has 2 aromatic carbocycles. The van der Waals surface area contributed by atoms with Gasteiger partial charge < -0.3 is 19.7 Å². The van der Waals surface area contributed by atoms with Gasteiger partial charge in [-0.2, -0.15) is 13.2 Å². The molecule has 230 valence electrons. The van der Waals surface area contributed by atoms with Crippen LogP contribution in [-0.2, 0) is 12.7 Å². The van der Waals surface area contributed by atoms with E-state index in [4.69, 9.17) is 15.3 Å². The first kappa shape index (κ1) is 31.6. The molecular formula is C31H37F3N6O3. The van der Waals surface area contributed by atoms with Crippen molar-refractivity contribution in [3.8, 4) is 11.5 Å². The van der Waals surface area contributed by atoms with Crippen LogP contribution in [0.2, 0.25) is 0 Å². The highest BCUT2D eigenvalue weighted by Gasteiger charge is 2.36. The molecule has 0 aliphatic carbocycles. The summed E-state index contributed by atoms with van der Waals surface area (Å²) in [7, 11) is 6.50. The van der Waals surface area contributed by atoms with Crippen LogP contribution >= 0.6 is 0 Å².